The molecule has 1 N–H and O–H groups in total. The van der Waals surface area contributed by atoms with Gasteiger partial charge in [0.05, 0.1) is 13.2 Å². The van der Waals surface area contributed by atoms with Crippen molar-refractivity contribution in [2.24, 2.45) is 5.92 Å². The first kappa shape index (κ1) is 12.0. The van der Waals surface area contributed by atoms with Crippen molar-refractivity contribution in [3.63, 3.8) is 0 Å². The molecular formula is C12H19NO2. The van der Waals surface area contributed by atoms with Crippen molar-refractivity contribution in [1.29, 1.82) is 0 Å². The molecule has 3 nitrogen and oxygen atoms in total. The molecule has 3 heteroatoms. The SMILES string of the molecule is CCCC(C)C(O)c1cccnc1OC. The van der Waals surface area contributed by atoms with Crippen molar-refractivity contribution in [3.05, 3.63) is 23.9 Å². The number of aliphatic hydroxyl groups excluding tert-OH is 1. The van der Waals surface area contributed by atoms with Crippen LogP contribution in [0.2, 0.25) is 0 Å². The van der Waals surface area contributed by atoms with Crippen molar-refractivity contribution in [1.82, 2.24) is 4.98 Å². The molecule has 0 amide bonds. The van der Waals surface area contributed by atoms with E-state index in [-0.39, 0.29) is 5.92 Å². The van der Waals surface area contributed by atoms with Crippen molar-refractivity contribution in [2.75, 3.05) is 7.11 Å². The van der Waals surface area contributed by atoms with Crippen molar-refractivity contribution in [2.45, 2.75) is 32.8 Å². The quantitative estimate of drug-likeness (QED) is 0.810. The molecular weight excluding hydrogens is 190 g/mol. The van der Waals surface area contributed by atoms with Gasteiger partial charge in [-0.1, -0.05) is 20.3 Å². The number of rotatable bonds is 5. The highest BCUT2D eigenvalue weighted by molar-refractivity contribution is 5.27. The van der Waals surface area contributed by atoms with Crippen molar-refractivity contribution < 1.29 is 9.84 Å². The summed E-state index contributed by atoms with van der Waals surface area (Å²) in [6, 6.07) is 3.68. The summed E-state index contributed by atoms with van der Waals surface area (Å²) in [6.45, 7) is 4.16. The van der Waals surface area contributed by atoms with E-state index < -0.39 is 6.10 Å². The number of ether oxygens (including phenoxy) is 1. The molecule has 2 atom stereocenters. The first-order valence-electron chi connectivity index (χ1n) is 5.37. The first-order valence-corrected chi connectivity index (χ1v) is 5.37. The fourth-order valence-corrected chi connectivity index (χ4v) is 1.72. The number of aliphatic hydroxyl groups is 1. The molecule has 15 heavy (non-hydrogen) atoms. The molecule has 1 aromatic heterocycles. The van der Waals surface area contributed by atoms with Crippen LogP contribution in [-0.4, -0.2) is 17.2 Å². The Labute approximate surface area is 91.1 Å². The molecule has 0 aliphatic rings. The lowest BCUT2D eigenvalue weighted by Crippen LogP contribution is -2.10. The Morgan fingerprint density at radius 2 is 2.27 bits per heavy atom. The van der Waals surface area contributed by atoms with E-state index in [2.05, 4.69) is 11.9 Å². The zero-order valence-corrected chi connectivity index (χ0v) is 9.60. The molecule has 0 radical (unpaired) electrons. The normalized spacial score (nSPS) is 14.7. The van der Waals surface area contributed by atoms with Gasteiger partial charge < -0.3 is 9.84 Å². The number of hydrogen-bond acceptors (Lipinski definition) is 3. The van der Waals surface area contributed by atoms with E-state index in [1.807, 2.05) is 19.1 Å². The molecule has 1 rings (SSSR count). The monoisotopic (exact) mass is 209 g/mol. The Hall–Kier alpha value is -1.09. The van der Waals surface area contributed by atoms with Crippen LogP contribution in [0, 0.1) is 5.92 Å². The molecule has 0 saturated carbocycles. The maximum atomic E-state index is 10.1. The van der Waals surface area contributed by atoms with E-state index in [9.17, 15) is 5.11 Å². The average molecular weight is 209 g/mol. The molecule has 0 fully saturated rings. The van der Waals surface area contributed by atoms with Gasteiger partial charge in [-0.05, 0) is 24.5 Å². The molecule has 84 valence electrons. The lowest BCUT2D eigenvalue weighted by Gasteiger charge is -2.19. The zero-order valence-electron chi connectivity index (χ0n) is 9.60. The third-order valence-corrected chi connectivity index (χ3v) is 2.60. The molecule has 0 spiro atoms. The number of methoxy groups -OCH3 is 1. The summed E-state index contributed by atoms with van der Waals surface area (Å²) >= 11 is 0. The molecule has 2 unspecified atom stereocenters. The minimum absolute atomic E-state index is 0.230. The number of pyridine rings is 1. The molecule has 0 aliphatic heterocycles. The summed E-state index contributed by atoms with van der Waals surface area (Å²) in [5.74, 6) is 0.751. The van der Waals surface area contributed by atoms with Crippen LogP contribution in [0.4, 0.5) is 0 Å². The van der Waals surface area contributed by atoms with Crippen LogP contribution >= 0.6 is 0 Å². The summed E-state index contributed by atoms with van der Waals surface area (Å²) in [4.78, 5) is 4.08. The van der Waals surface area contributed by atoms with Gasteiger partial charge in [-0.2, -0.15) is 0 Å². The second-order valence-corrected chi connectivity index (χ2v) is 3.81. The Kier molecular flexibility index (Phi) is 4.56. The number of nitrogens with zero attached hydrogens (tertiary/aromatic N) is 1. The average Bonchev–Trinajstić information content (AvgIpc) is 2.28. The minimum atomic E-state index is -0.492. The lowest BCUT2D eigenvalue weighted by molar-refractivity contribution is 0.108. The van der Waals surface area contributed by atoms with Gasteiger partial charge in [-0.15, -0.1) is 0 Å². The van der Waals surface area contributed by atoms with Gasteiger partial charge in [0.15, 0.2) is 0 Å². The van der Waals surface area contributed by atoms with Crippen LogP contribution in [0.5, 0.6) is 5.88 Å². The van der Waals surface area contributed by atoms with Crippen molar-refractivity contribution in [3.8, 4) is 5.88 Å². The largest absolute Gasteiger partial charge is 0.481 e. The minimum Gasteiger partial charge on any atom is -0.481 e. The van der Waals surface area contributed by atoms with Crippen LogP contribution in [0.25, 0.3) is 0 Å². The number of aromatic nitrogens is 1. The van der Waals surface area contributed by atoms with E-state index in [1.165, 1.54) is 0 Å². The highest BCUT2D eigenvalue weighted by Crippen LogP contribution is 2.30. The van der Waals surface area contributed by atoms with E-state index in [4.69, 9.17) is 4.74 Å². The summed E-state index contributed by atoms with van der Waals surface area (Å²) in [5.41, 5.74) is 0.779. The third-order valence-electron chi connectivity index (χ3n) is 2.60. The Bertz CT molecular complexity index is 301. The predicted molar refractivity (Wildman–Crippen MR) is 59.8 cm³/mol. The van der Waals surface area contributed by atoms with Gasteiger partial charge in [0.25, 0.3) is 0 Å². The lowest BCUT2D eigenvalue weighted by atomic mass is 9.94. The molecule has 0 aromatic carbocycles. The van der Waals surface area contributed by atoms with Crippen LogP contribution < -0.4 is 4.74 Å². The van der Waals surface area contributed by atoms with Gasteiger partial charge in [0.2, 0.25) is 5.88 Å². The Balaban J connectivity index is 2.84. The molecule has 0 aliphatic carbocycles. The summed E-state index contributed by atoms with van der Waals surface area (Å²) in [5, 5.41) is 10.1. The standard InChI is InChI=1S/C12H19NO2/c1-4-6-9(2)11(14)10-7-5-8-13-12(10)15-3/h5,7-9,11,14H,4,6H2,1-3H3. The second kappa shape index (κ2) is 5.71. The van der Waals surface area contributed by atoms with Gasteiger partial charge in [-0.3, -0.25) is 0 Å². The highest BCUT2D eigenvalue weighted by atomic mass is 16.5. The maximum Gasteiger partial charge on any atom is 0.218 e. The van der Waals surface area contributed by atoms with Gasteiger partial charge >= 0.3 is 0 Å². The van der Waals surface area contributed by atoms with E-state index in [0.29, 0.717) is 5.88 Å². The molecule has 0 saturated heterocycles. The van der Waals surface area contributed by atoms with Crippen LogP contribution in [0.1, 0.15) is 38.4 Å². The zero-order chi connectivity index (χ0) is 11.3. The van der Waals surface area contributed by atoms with Crippen LogP contribution in [0.3, 0.4) is 0 Å². The molecule has 0 bridgehead atoms. The third kappa shape index (κ3) is 2.93. The van der Waals surface area contributed by atoms with Gasteiger partial charge in [0, 0.05) is 11.8 Å². The second-order valence-electron chi connectivity index (χ2n) is 3.81. The van der Waals surface area contributed by atoms with Crippen LogP contribution in [-0.2, 0) is 0 Å². The van der Waals surface area contributed by atoms with E-state index in [1.54, 1.807) is 13.3 Å². The van der Waals surface area contributed by atoms with Crippen molar-refractivity contribution >= 4 is 0 Å². The van der Waals surface area contributed by atoms with Crippen LogP contribution in [0.15, 0.2) is 18.3 Å². The number of hydrogen-bond donors (Lipinski definition) is 1. The Morgan fingerprint density at radius 3 is 2.87 bits per heavy atom. The van der Waals surface area contributed by atoms with E-state index >= 15 is 0 Å². The topological polar surface area (TPSA) is 42.4 Å². The highest BCUT2D eigenvalue weighted by Gasteiger charge is 2.19. The maximum absolute atomic E-state index is 10.1. The van der Waals surface area contributed by atoms with Gasteiger partial charge in [-0.25, -0.2) is 4.98 Å². The Morgan fingerprint density at radius 1 is 1.53 bits per heavy atom. The fraction of sp³-hybridized carbons (Fsp3) is 0.583. The molecule has 1 heterocycles. The molecule has 1 aromatic rings. The summed E-state index contributed by atoms with van der Waals surface area (Å²) < 4.78 is 5.12. The summed E-state index contributed by atoms with van der Waals surface area (Å²) in [7, 11) is 1.57. The smallest absolute Gasteiger partial charge is 0.218 e. The van der Waals surface area contributed by atoms with Gasteiger partial charge in [0.1, 0.15) is 0 Å². The predicted octanol–water partition coefficient (Wildman–Crippen LogP) is 2.56. The van der Waals surface area contributed by atoms with E-state index in [0.717, 1.165) is 18.4 Å². The first-order chi connectivity index (χ1) is 7.20. The summed E-state index contributed by atoms with van der Waals surface area (Å²) in [6.07, 6.45) is 3.24. The fourth-order valence-electron chi connectivity index (χ4n) is 1.72.